The molecule has 6 rings (SSSR count). The minimum absolute atomic E-state index is 0.234. The number of aryl methyl sites for hydroxylation is 1. The number of ether oxygens (including phenoxy) is 6. The molecular formula is C115H175Cl5N2O23S3. The highest BCUT2D eigenvalue weighted by atomic mass is 35.5. The normalized spacial score (nSPS) is 11.9. The molecule has 0 radical (unpaired) electrons. The van der Waals surface area contributed by atoms with E-state index in [0.717, 1.165) is 195 Å². The zero-order valence-corrected chi connectivity index (χ0v) is 97.5. The van der Waals surface area contributed by atoms with Gasteiger partial charge >= 0.3 is 17.9 Å². The lowest BCUT2D eigenvalue weighted by Crippen LogP contribution is -2.47. The van der Waals surface area contributed by atoms with Crippen molar-refractivity contribution in [3.05, 3.63) is 174 Å². The van der Waals surface area contributed by atoms with Crippen LogP contribution in [0.4, 0.5) is 0 Å². The predicted octanol–water partition coefficient (Wildman–Crippen LogP) is 28.6. The van der Waals surface area contributed by atoms with Gasteiger partial charge in [-0.1, -0.05) is 292 Å². The number of hydrogen-bond donors (Lipinski definition) is 5. The zero-order chi connectivity index (χ0) is 111. The van der Waals surface area contributed by atoms with Crippen molar-refractivity contribution in [1.82, 2.24) is 10.6 Å². The third kappa shape index (κ3) is 71.6. The second-order valence-electron chi connectivity index (χ2n) is 39.8. The number of carbonyl (C=O) groups excluding carboxylic acids is 5. The molecule has 25 nitrogen and oxygen atoms in total. The number of carboxylic acid groups (broad SMARTS) is 3. The van der Waals surface area contributed by atoms with Gasteiger partial charge in [-0.2, -0.15) is 0 Å². The second kappa shape index (κ2) is 79.7. The van der Waals surface area contributed by atoms with Crippen LogP contribution in [0.2, 0.25) is 25.1 Å². The fourth-order valence-electron chi connectivity index (χ4n) is 15.0. The van der Waals surface area contributed by atoms with E-state index < -0.39 is 121 Å². The number of carbonyl (C=O) groups is 8. The van der Waals surface area contributed by atoms with E-state index in [4.69, 9.17) is 91.5 Å². The van der Waals surface area contributed by atoms with Crippen LogP contribution in [0.5, 0.6) is 34.5 Å². The summed E-state index contributed by atoms with van der Waals surface area (Å²) >= 11 is 30.9. The third-order valence-electron chi connectivity index (χ3n) is 23.8. The second-order valence-corrected chi connectivity index (χ2v) is 48.7. The first kappa shape index (κ1) is 138. The lowest BCUT2D eigenvalue weighted by Gasteiger charge is -2.22. The standard InChI is InChI=1S/C31H44N2O11.2C18H29ClO3S.C16H25ClO3S.C16H23ClO2.C16H25ClO/c1-19(2)21-9-8-10-24(14-21)44-12-7-5-4-6-11-32-30(42)23(17-28(38)39)15-26(35)25(18-29(40)41)33-31(43)22(13-20(3)34)16-27(36)37;1-15(2)16-10-11-18(17(19)14-16)22-12-8-6-4-5-7-9-13-23(3,20)21;1-16-11-12-18(17(19)15-16)22-13-9-7-5-3-4-6-8-10-14-23(2,20)21;1-13(2)14-8-9-16(15(17)12-14)20-10-6-4-5-7-11-21(3,18)19;1-12(2)14-8-9-16(15(17)11-14)19-10-6-4-5-7-13(3)18;1-4-5-6-7-8-11-18-16-12-14(13(2)3)9-10-15(16)17/h8-10,14,19,22-23,25H,4-7,11-13,15-18H2,1-3H3,(H,32,42)(H,33,43)(H,36,37)(H,38,39)(H,40,41);10-11,14-15H,4-9,12-13H2,1-3H3;11-12,15H,3-10,13-14H2,1-2H3;8-9,12-13H,4-7,10-11H2,1-3H3;8-9,11-12H,4-7,10H2,1-3H3;9-10,12-13H,4-8,11H2,1-3H3/t22-,23-,25-;;;;;/m0...../s1. The average molecular weight is 2230 g/mol. The van der Waals surface area contributed by atoms with Crippen LogP contribution in [0, 0.1) is 18.8 Å². The van der Waals surface area contributed by atoms with E-state index in [1.54, 1.807) is 6.92 Å². The van der Waals surface area contributed by atoms with Crippen molar-refractivity contribution < 1.29 is 107 Å². The number of ketones is 3. The number of aliphatic carboxylic acids is 3. The molecule has 0 bridgehead atoms. The highest BCUT2D eigenvalue weighted by Gasteiger charge is 2.33. The first-order valence-corrected chi connectivity index (χ1v) is 61.0. The lowest BCUT2D eigenvalue weighted by molar-refractivity contribution is -0.144. The van der Waals surface area contributed by atoms with Gasteiger partial charge in [-0.15, -0.1) is 0 Å². The van der Waals surface area contributed by atoms with Crippen molar-refractivity contribution in [2.24, 2.45) is 11.8 Å². The number of hydrogen-bond acceptors (Lipinski definition) is 20. The summed E-state index contributed by atoms with van der Waals surface area (Å²) in [5, 5.41) is 35.8. The Morgan fingerprint density at radius 2 is 0.635 bits per heavy atom. The molecule has 5 N–H and O–H groups in total. The first-order chi connectivity index (χ1) is 69.8. The molecule has 0 aliphatic carbocycles. The number of halogens is 5. The summed E-state index contributed by atoms with van der Waals surface area (Å²) < 4.78 is 100. The summed E-state index contributed by atoms with van der Waals surface area (Å²) in [7, 11) is -8.41. The molecule has 836 valence electrons. The Morgan fingerprint density at radius 3 is 0.986 bits per heavy atom. The summed E-state index contributed by atoms with van der Waals surface area (Å²) in [5.74, 6) is -1.84. The molecule has 2 amide bonds. The van der Waals surface area contributed by atoms with Gasteiger partial charge in [0, 0.05) is 61.8 Å². The largest absolute Gasteiger partial charge is 0.494 e. The Hall–Kier alpha value is -8.22. The highest BCUT2D eigenvalue weighted by molar-refractivity contribution is 7.91. The van der Waals surface area contributed by atoms with Crippen LogP contribution in [0.3, 0.4) is 0 Å². The van der Waals surface area contributed by atoms with Crippen molar-refractivity contribution in [3.8, 4) is 34.5 Å². The molecule has 0 aromatic heterocycles. The first-order valence-electron chi connectivity index (χ1n) is 52.9. The molecule has 0 saturated heterocycles. The van der Waals surface area contributed by atoms with Crippen molar-refractivity contribution >= 4 is 135 Å². The maximum Gasteiger partial charge on any atom is 0.305 e. The molecule has 0 aliphatic heterocycles. The van der Waals surface area contributed by atoms with Crippen LogP contribution < -0.4 is 39.1 Å². The van der Waals surface area contributed by atoms with Gasteiger partial charge in [-0.25, -0.2) is 25.3 Å². The van der Waals surface area contributed by atoms with Gasteiger partial charge in [0.25, 0.3) is 0 Å². The monoisotopic (exact) mass is 2220 g/mol. The summed E-state index contributed by atoms with van der Waals surface area (Å²) in [4.78, 5) is 94.5. The number of nitrogens with one attached hydrogen (secondary N) is 2. The van der Waals surface area contributed by atoms with Gasteiger partial charge in [-0.05, 0) is 234 Å². The van der Waals surface area contributed by atoms with Gasteiger partial charge < -0.3 is 64.0 Å². The lowest BCUT2D eigenvalue weighted by atomic mass is 9.92. The smallest absolute Gasteiger partial charge is 0.305 e. The van der Waals surface area contributed by atoms with E-state index in [9.17, 15) is 73.8 Å². The number of Topliss-reactive ketones (excluding diaryl/α,β-unsaturated/α-hetero) is 3. The van der Waals surface area contributed by atoms with E-state index in [2.05, 4.69) is 111 Å². The van der Waals surface area contributed by atoms with Gasteiger partial charge in [0.15, 0.2) is 5.78 Å². The molecule has 0 aliphatic rings. The average Bonchev–Trinajstić information content (AvgIpc) is 0.951. The summed E-state index contributed by atoms with van der Waals surface area (Å²) in [6, 6.07) is 36.1. The Labute approximate surface area is 911 Å². The van der Waals surface area contributed by atoms with E-state index in [0.29, 0.717) is 112 Å². The van der Waals surface area contributed by atoms with E-state index in [1.807, 2.05) is 97.9 Å². The van der Waals surface area contributed by atoms with E-state index >= 15 is 0 Å². The maximum absolute atomic E-state index is 13.0. The van der Waals surface area contributed by atoms with E-state index in [1.165, 1.54) is 91.5 Å². The molecule has 0 spiro atoms. The fraction of sp³-hybridized carbons (Fsp3) is 0.617. The minimum atomic E-state index is -2.83. The fourth-order valence-corrected chi connectivity index (χ4v) is 18.3. The molecular weight excluding hydrogens is 2050 g/mol. The summed E-state index contributed by atoms with van der Waals surface area (Å²) in [6.45, 7) is 32.6. The Bertz CT molecular complexity index is 5170. The third-order valence-corrected chi connectivity index (χ3v) is 28.4. The number of unbranched alkanes of at least 4 members (excludes halogenated alkanes) is 24. The molecule has 0 fully saturated rings. The van der Waals surface area contributed by atoms with Crippen molar-refractivity contribution in [1.29, 1.82) is 0 Å². The maximum atomic E-state index is 13.0. The number of amides is 2. The van der Waals surface area contributed by atoms with Crippen LogP contribution >= 0.6 is 58.0 Å². The molecule has 3 atom stereocenters. The van der Waals surface area contributed by atoms with Gasteiger partial charge in [0.2, 0.25) is 11.8 Å². The minimum Gasteiger partial charge on any atom is -0.494 e. The summed E-state index contributed by atoms with van der Waals surface area (Å²) in [5.41, 5.74) is 7.25. The Balaban J connectivity index is 0.000000919. The summed E-state index contributed by atoms with van der Waals surface area (Å²) in [6.07, 6.45) is 31.6. The molecule has 6 aromatic carbocycles. The Kier molecular flexibility index (Phi) is 74.2. The van der Waals surface area contributed by atoms with Crippen LogP contribution in [0.1, 0.15) is 384 Å². The molecule has 0 heterocycles. The number of rotatable bonds is 71. The van der Waals surface area contributed by atoms with Gasteiger partial charge in [-0.3, -0.25) is 28.8 Å². The van der Waals surface area contributed by atoms with Gasteiger partial charge in [0.1, 0.15) is 75.6 Å². The van der Waals surface area contributed by atoms with Gasteiger partial charge in [0.05, 0.1) is 102 Å². The molecule has 0 saturated carbocycles. The molecule has 148 heavy (non-hydrogen) atoms. The topological polar surface area (TPSA) is 379 Å². The van der Waals surface area contributed by atoms with Crippen molar-refractivity contribution in [2.75, 3.05) is 82.2 Å². The van der Waals surface area contributed by atoms with Crippen LogP contribution in [-0.2, 0) is 67.9 Å². The Morgan fingerprint density at radius 1 is 0.318 bits per heavy atom. The molecule has 0 unspecified atom stereocenters. The molecule has 33 heteroatoms. The van der Waals surface area contributed by atoms with Crippen LogP contribution in [0.15, 0.2) is 115 Å². The highest BCUT2D eigenvalue weighted by Crippen LogP contribution is 2.35. The van der Waals surface area contributed by atoms with Crippen LogP contribution in [0.25, 0.3) is 0 Å². The predicted molar refractivity (Wildman–Crippen MR) is 604 cm³/mol. The van der Waals surface area contributed by atoms with Crippen LogP contribution in [-0.4, -0.2) is 176 Å². The number of benzene rings is 6. The molecule has 6 aromatic rings. The zero-order valence-electron chi connectivity index (χ0n) is 91.2. The quantitative estimate of drug-likeness (QED) is 0.0221. The van der Waals surface area contributed by atoms with E-state index in [-0.39, 0.29) is 18.1 Å². The van der Waals surface area contributed by atoms with Crippen molar-refractivity contribution in [2.45, 2.75) is 364 Å². The van der Waals surface area contributed by atoms with Crippen molar-refractivity contribution in [3.63, 3.8) is 0 Å². The number of sulfone groups is 3. The number of carboxylic acids is 3. The SMILES string of the molecule is CC(=O)CCCCCOc1ccc(C(C)C)cc1Cl.CC(=O)C[C@@H](CC(=O)O)C(=O)N[C@@H](CC(=O)O)C(=O)C[C@@H](CC(=O)O)C(=O)NCCCCCCOc1cccc(C(C)C)c1.CC(C)c1ccc(OCCCCCCCCS(C)(=O)=O)c(Cl)c1.CC(C)c1ccc(OCCCCCCS(C)(=O)=O)c(Cl)c1.CCCCCCCOc1cc(C(C)C)ccc1Cl.Cc1ccc(OCCCCCCCCCCS(C)(=O)=O)c(Cl)c1.